The first-order chi connectivity index (χ1) is 8.72. The van der Waals surface area contributed by atoms with Crippen LogP contribution in [0.3, 0.4) is 0 Å². The molecule has 1 saturated carbocycles. The second-order valence-electron chi connectivity index (χ2n) is 4.39. The molecule has 6 heteroatoms. The minimum atomic E-state index is 0.612. The van der Waals surface area contributed by atoms with E-state index in [1.54, 1.807) is 23.3 Å². The molecule has 0 spiro atoms. The molecule has 2 heterocycles. The summed E-state index contributed by atoms with van der Waals surface area (Å²) in [6.07, 6.45) is 7.68. The molecule has 2 aromatic heterocycles. The third-order valence-electron chi connectivity index (χ3n) is 2.84. The highest BCUT2D eigenvalue weighted by atomic mass is 79.9. The molecule has 0 radical (unpaired) electrons. The normalized spacial score (nSPS) is 15.0. The van der Waals surface area contributed by atoms with Gasteiger partial charge in [0.15, 0.2) is 5.82 Å². The van der Waals surface area contributed by atoms with Crippen LogP contribution in [0.5, 0.6) is 0 Å². The van der Waals surface area contributed by atoms with Crippen molar-refractivity contribution in [3.63, 3.8) is 0 Å². The first-order valence-corrected chi connectivity index (χ1v) is 6.98. The fraction of sp³-hybridized carbons (Fsp3) is 0.333. The van der Waals surface area contributed by atoms with E-state index in [4.69, 9.17) is 11.6 Å². The number of pyridine rings is 1. The van der Waals surface area contributed by atoms with Gasteiger partial charge in [-0.15, -0.1) is 0 Å². The Balaban J connectivity index is 1.91. The van der Waals surface area contributed by atoms with Crippen LogP contribution in [0, 0.1) is 0 Å². The Labute approximate surface area is 118 Å². The van der Waals surface area contributed by atoms with E-state index in [0.717, 1.165) is 22.4 Å². The van der Waals surface area contributed by atoms with Crippen LogP contribution in [0.25, 0.3) is 5.82 Å². The first kappa shape index (κ1) is 12.1. The van der Waals surface area contributed by atoms with Gasteiger partial charge in [0, 0.05) is 28.8 Å². The SMILES string of the molecule is Clc1cnn(-c2ncc(Br)cc2CNC2CC2)c1. The van der Waals surface area contributed by atoms with E-state index >= 15 is 0 Å². The molecule has 0 unspecified atom stereocenters. The molecule has 0 aliphatic heterocycles. The predicted molar refractivity (Wildman–Crippen MR) is 73.9 cm³/mol. The zero-order chi connectivity index (χ0) is 12.5. The van der Waals surface area contributed by atoms with Gasteiger partial charge >= 0.3 is 0 Å². The highest BCUT2D eigenvalue weighted by Gasteiger charge is 2.21. The molecule has 0 amide bonds. The van der Waals surface area contributed by atoms with Crippen LogP contribution in [-0.4, -0.2) is 20.8 Å². The Morgan fingerprint density at radius 3 is 2.94 bits per heavy atom. The molecule has 0 atom stereocenters. The fourth-order valence-electron chi connectivity index (χ4n) is 1.77. The van der Waals surface area contributed by atoms with E-state index in [1.807, 2.05) is 0 Å². The summed E-state index contributed by atoms with van der Waals surface area (Å²) in [7, 11) is 0. The van der Waals surface area contributed by atoms with Crippen molar-refractivity contribution in [2.24, 2.45) is 0 Å². The van der Waals surface area contributed by atoms with Crippen molar-refractivity contribution < 1.29 is 0 Å². The van der Waals surface area contributed by atoms with Crippen LogP contribution < -0.4 is 5.32 Å². The van der Waals surface area contributed by atoms with E-state index in [9.17, 15) is 0 Å². The standard InChI is InChI=1S/C12H12BrClN4/c13-9-3-8(4-15-11-1-2-11)12(16-5-9)18-7-10(14)6-17-18/h3,5-7,11,15H,1-2,4H2. The summed E-state index contributed by atoms with van der Waals surface area (Å²) >= 11 is 9.35. The highest BCUT2D eigenvalue weighted by Crippen LogP contribution is 2.22. The smallest absolute Gasteiger partial charge is 0.157 e. The van der Waals surface area contributed by atoms with Gasteiger partial charge in [0.2, 0.25) is 0 Å². The molecule has 18 heavy (non-hydrogen) atoms. The van der Waals surface area contributed by atoms with Gasteiger partial charge in [-0.3, -0.25) is 0 Å². The Morgan fingerprint density at radius 2 is 2.28 bits per heavy atom. The lowest BCUT2D eigenvalue weighted by Gasteiger charge is -2.09. The van der Waals surface area contributed by atoms with Gasteiger partial charge in [-0.05, 0) is 34.8 Å². The molecular weight excluding hydrogens is 316 g/mol. The van der Waals surface area contributed by atoms with Crippen LogP contribution in [0.2, 0.25) is 5.02 Å². The summed E-state index contributed by atoms with van der Waals surface area (Å²) < 4.78 is 2.68. The van der Waals surface area contributed by atoms with Gasteiger partial charge in [-0.1, -0.05) is 11.6 Å². The molecule has 1 N–H and O–H groups in total. The van der Waals surface area contributed by atoms with Crippen LogP contribution >= 0.6 is 27.5 Å². The Morgan fingerprint density at radius 1 is 1.44 bits per heavy atom. The molecule has 3 rings (SSSR count). The van der Waals surface area contributed by atoms with Gasteiger partial charge in [0.25, 0.3) is 0 Å². The van der Waals surface area contributed by atoms with Crippen molar-refractivity contribution in [2.45, 2.75) is 25.4 Å². The zero-order valence-corrected chi connectivity index (χ0v) is 11.9. The summed E-state index contributed by atoms with van der Waals surface area (Å²) in [6.45, 7) is 0.796. The molecule has 94 valence electrons. The monoisotopic (exact) mass is 326 g/mol. The first-order valence-electron chi connectivity index (χ1n) is 5.81. The number of aromatic nitrogens is 3. The van der Waals surface area contributed by atoms with Gasteiger partial charge in [-0.2, -0.15) is 5.10 Å². The van der Waals surface area contributed by atoms with Crippen LogP contribution in [0.1, 0.15) is 18.4 Å². The summed E-state index contributed by atoms with van der Waals surface area (Å²) in [5, 5.41) is 8.29. The lowest BCUT2D eigenvalue weighted by Crippen LogP contribution is -2.17. The van der Waals surface area contributed by atoms with E-state index in [-0.39, 0.29) is 0 Å². The maximum Gasteiger partial charge on any atom is 0.157 e. The van der Waals surface area contributed by atoms with Crippen molar-refractivity contribution in [3.8, 4) is 5.82 Å². The maximum absolute atomic E-state index is 5.90. The molecule has 0 aromatic carbocycles. The number of nitrogens with zero attached hydrogens (tertiary/aromatic N) is 3. The second-order valence-corrected chi connectivity index (χ2v) is 5.75. The van der Waals surface area contributed by atoms with Crippen LogP contribution in [-0.2, 0) is 6.54 Å². The number of hydrogen-bond acceptors (Lipinski definition) is 3. The average Bonchev–Trinajstić information content (AvgIpc) is 3.08. The molecule has 1 fully saturated rings. The molecular formula is C12H12BrClN4. The topological polar surface area (TPSA) is 42.7 Å². The van der Waals surface area contributed by atoms with Crippen molar-refractivity contribution in [2.75, 3.05) is 0 Å². The minimum absolute atomic E-state index is 0.612. The van der Waals surface area contributed by atoms with E-state index in [2.05, 4.69) is 37.4 Å². The maximum atomic E-state index is 5.90. The van der Waals surface area contributed by atoms with Crippen LogP contribution in [0.15, 0.2) is 29.1 Å². The van der Waals surface area contributed by atoms with Crippen molar-refractivity contribution >= 4 is 27.5 Å². The largest absolute Gasteiger partial charge is 0.310 e. The van der Waals surface area contributed by atoms with Gasteiger partial charge in [0.05, 0.1) is 17.4 Å². The minimum Gasteiger partial charge on any atom is -0.310 e. The molecule has 0 saturated heterocycles. The molecule has 4 nitrogen and oxygen atoms in total. The third kappa shape index (κ3) is 2.74. The van der Waals surface area contributed by atoms with E-state index in [1.165, 1.54) is 12.8 Å². The Bertz CT molecular complexity index is 565. The predicted octanol–water partition coefficient (Wildman–Crippen LogP) is 2.94. The Kier molecular flexibility index (Phi) is 3.37. The number of rotatable bonds is 4. The molecule has 1 aliphatic carbocycles. The number of nitrogens with one attached hydrogen (secondary N) is 1. The third-order valence-corrected chi connectivity index (χ3v) is 3.46. The summed E-state index contributed by atoms with van der Waals surface area (Å²) in [5.74, 6) is 0.818. The average molecular weight is 328 g/mol. The summed E-state index contributed by atoms with van der Waals surface area (Å²) in [4.78, 5) is 4.42. The molecule has 0 bridgehead atoms. The number of halogens is 2. The van der Waals surface area contributed by atoms with Crippen molar-refractivity contribution in [1.82, 2.24) is 20.1 Å². The molecule has 2 aromatic rings. The lowest BCUT2D eigenvalue weighted by atomic mass is 10.2. The van der Waals surface area contributed by atoms with E-state index < -0.39 is 0 Å². The highest BCUT2D eigenvalue weighted by molar-refractivity contribution is 9.10. The van der Waals surface area contributed by atoms with Crippen molar-refractivity contribution in [1.29, 1.82) is 0 Å². The van der Waals surface area contributed by atoms with E-state index in [0.29, 0.717) is 11.1 Å². The van der Waals surface area contributed by atoms with Gasteiger partial charge in [-0.25, -0.2) is 9.67 Å². The van der Waals surface area contributed by atoms with Gasteiger partial charge < -0.3 is 5.32 Å². The summed E-state index contributed by atoms with van der Waals surface area (Å²) in [5.41, 5.74) is 1.11. The lowest BCUT2D eigenvalue weighted by molar-refractivity contribution is 0.676. The quantitative estimate of drug-likeness (QED) is 0.939. The van der Waals surface area contributed by atoms with Gasteiger partial charge in [0.1, 0.15) is 0 Å². The second kappa shape index (κ2) is 4.99. The summed E-state index contributed by atoms with van der Waals surface area (Å²) in [6, 6.07) is 2.73. The zero-order valence-electron chi connectivity index (χ0n) is 9.61. The fourth-order valence-corrected chi connectivity index (χ4v) is 2.28. The van der Waals surface area contributed by atoms with Crippen molar-refractivity contribution in [3.05, 3.63) is 39.7 Å². The molecule has 1 aliphatic rings. The number of hydrogen-bond donors (Lipinski definition) is 1. The van der Waals surface area contributed by atoms with Crippen LogP contribution in [0.4, 0.5) is 0 Å². The Hall–Kier alpha value is -0.910.